The Bertz CT molecular complexity index is 650. The van der Waals surface area contributed by atoms with Crippen LogP contribution in [0.5, 0.6) is 0 Å². The van der Waals surface area contributed by atoms with Crippen LogP contribution in [-0.4, -0.2) is 34.8 Å². The van der Waals surface area contributed by atoms with Crippen molar-refractivity contribution < 1.29 is 9.90 Å². The number of benzene rings is 1. The van der Waals surface area contributed by atoms with Gasteiger partial charge < -0.3 is 15.7 Å². The number of hydrogen-bond donors (Lipinski definition) is 3. The van der Waals surface area contributed by atoms with E-state index >= 15 is 0 Å². The Balaban J connectivity index is 1.41. The molecule has 1 heterocycles. The van der Waals surface area contributed by atoms with E-state index in [0.29, 0.717) is 12.5 Å². The van der Waals surface area contributed by atoms with Crippen molar-refractivity contribution in [3.8, 4) is 0 Å². The van der Waals surface area contributed by atoms with E-state index in [4.69, 9.17) is 0 Å². The van der Waals surface area contributed by atoms with Gasteiger partial charge in [0.25, 0.3) is 0 Å². The third kappa shape index (κ3) is 4.00. The zero-order chi connectivity index (χ0) is 16.3. The van der Waals surface area contributed by atoms with Crippen LogP contribution < -0.4 is 10.6 Å². The summed E-state index contributed by atoms with van der Waals surface area (Å²) in [4.78, 5) is 16.5. The largest absolute Gasteiger partial charge is 0.394 e. The van der Waals surface area contributed by atoms with Crippen molar-refractivity contribution in [2.24, 2.45) is 5.92 Å². The van der Waals surface area contributed by atoms with Crippen LogP contribution in [0.3, 0.4) is 0 Å². The van der Waals surface area contributed by atoms with Gasteiger partial charge >= 0.3 is 6.03 Å². The van der Waals surface area contributed by atoms with Crippen LogP contribution in [0.25, 0.3) is 10.2 Å². The minimum Gasteiger partial charge on any atom is -0.394 e. The average Bonchev–Trinajstić information content (AvgIpc) is 3.32. The minimum absolute atomic E-state index is 0.0171. The van der Waals surface area contributed by atoms with Gasteiger partial charge in [0.2, 0.25) is 0 Å². The van der Waals surface area contributed by atoms with Crippen LogP contribution in [0.2, 0.25) is 0 Å². The molecular formula is C17H23N3O2S. The average molecular weight is 333 g/mol. The van der Waals surface area contributed by atoms with E-state index in [9.17, 15) is 9.90 Å². The van der Waals surface area contributed by atoms with E-state index in [1.807, 2.05) is 25.1 Å². The summed E-state index contributed by atoms with van der Waals surface area (Å²) in [5.74, 6) is 0.404. The number of aliphatic hydroxyl groups is 1. The second-order valence-corrected chi connectivity index (χ2v) is 7.52. The quantitative estimate of drug-likeness (QED) is 0.682. The summed E-state index contributed by atoms with van der Waals surface area (Å²) in [6.07, 6.45) is 3.87. The number of fused-ring (bicyclic) bond motifs is 1. The fourth-order valence-corrected chi connectivity index (χ4v) is 3.77. The first-order valence-corrected chi connectivity index (χ1v) is 8.94. The van der Waals surface area contributed by atoms with Crippen LogP contribution in [-0.2, 0) is 6.42 Å². The number of para-hydroxylation sites is 1. The van der Waals surface area contributed by atoms with Crippen molar-refractivity contribution in [1.29, 1.82) is 0 Å². The van der Waals surface area contributed by atoms with Gasteiger partial charge in [0.1, 0.15) is 0 Å². The van der Waals surface area contributed by atoms with E-state index in [1.54, 1.807) is 11.3 Å². The molecule has 1 fully saturated rings. The molecule has 1 aliphatic carbocycles. The number of nitrogens with one attached hydrogen (secondary N) is 2. The summed E-state index contributed by atoms with van der Waals surface area (Å²) >= 11 is 1.71. The predicted octanol–water partition coefficient (Wildman–Crippen LogP) is 2.69. The van der Waals surface area contributed by atoms with Crippen molar-refractivity contribution in [3.63, 3.8) is 0 Å². The lowest BCUT2D eigenvalue weighted by Gasteiger charge is -2.28. The predicted molar refractivity (Wildman–Crippen MR) is 92.7 cm³/mol. The number of rotatable bonds is 7. The van der Waals surface area contributed by atoms with Gasteiger partial charge in [-0.05, 0) is 44.2 Å². The molecule has 124 valence electrons. The highest BCUT2D eigenvalue weighted by Crippen LogP contribution is 2.39. The van der Waals surface area contributed by atoms with E-state index in [2.05, 4.69) is 21.7 Å². The molecule has 5 nitrogen and oxygen atoms in total. The first kappa shape index (κ1) is 16.2. The lowest BCUT2D eigenvalue weighted by atomic mass is 9.97. The lowest BCUT2D eigenvalue weighted by Crippen LogP contribution is -2.54. The number of nitrogens with zero attached hydrogens (tertiary/aromatic N) is 1. The fourth-order valence-electron chi connectivity index (χ4n) is 2.76. The van der Waals surface area contributed by atoms with Crippen molar-refractivity contribution in [2.45, 2.75) is 38.1 Å². The Hall–Kier alpha value is -1.66. The van der Waals surface area contributed by atoms with Crippen molar-refractivity contribution in [3.05, 3.63) is 29.3 Å². The molecule has 2 amide bonds. The summed E-state index contributed by atoms with van der Waals surface area (Å²) < 4.78 is 1.20. The summed E-state index contributed by atoms with van der Waals surface area (Å²) in [6.45, 7) is 2.50. The Morgan fingerprint density at radius 2 is 2.22 bits per heavy atom. The number of carbonyl (C=O) groups is 1. The van der Waals surface area contributed by atoms with Gasteiger partial charge in [-0.15, -0.1) is 11.3 Å². The van der Waals surface area contributed by atoms with E-state index in [-0.39, 0.29) is 12.6 Å². The number of urea groups is 1. The molecule has 1 aromatic heterocycles. The van der Waals surface area contributed by atoms with Gasteiger partial charge in [-0.25, -0.2) is 9.78 Å². The molecule has 0 aliphatic heterocycles. The topological polar surface area (TPSA) is 74.2 Å². The van der Waals surface area contributed by atoms with Gasteiger partial charge in [0.05, 0.1) is 27.4 Å². The lowest BCUT2D eigenvalue weighted by molar-refractivity contribution is 0.155. The molecule has 1 unspecified atom stereocenters. The Labute approximate surface area is 140 Å². The zero-order valence-corrected chi connectivity index (χ0v) is 14.2. The first-order chi connectivity index (χ1) is 11.1. The molecule has 2 aromatic rings. The van der Waals surface area contributed by atoms with Crippen LogP contribution >= 0.6 is 11.3 Å². The molecule has 1 aliphatic rings. The molecule has 0 bridgehead atoms. The second-order valence-electron chi connectivity index (χ2n) is 6.41. The molecule has 1 saturated carbocycles. The number of aliphatic hydroxyl groups excluding tert-OH is 1. The van der Waals surface area contributed by atoms with Crippen LogP contribution in [0, 0.1) is 5.92 Å². The van der Waals surface area contributed by atoms with Gasteiger partial charge in [0.15, 0.2) is 0 Å². The SMILES string of the molecule is CC(CO)(NC(=O)NCCCc1nc2ccccc2s1)C1CC1. The van der Waals surface area contributed by atoms with E-state index < -0.39 is 5.54 Å². The number of hydrogen-bond acceptors (Lipinski definition) is 4. The number of carbonyl (C=O) groups excluding carboxylic acids is 1. The number of thiazole rings is 1. The molecule has 0 saturated heterocycles. The van der Waals surface area contributed by atoms with E-state index in [0.717, 1.165) is 36.2 Å². The molecule has 3 N–H and O–H groups in total. The standard InChI is InChI=1S/C17H23N3O2S/c1-17(11-21,12-8-9-12)20-16(22)18-10-4-7-15-19-13-5-2-3-6-14(13)23-15/h2-3,5-6,12,21H,4,7-11H2,1H3,(H2,18,20,22). The van der Waals surface area contributed by atoms with Gasteiger partial charge in [-0.2, -0.15) is 0 Å². The molecule has 3 rings (SSSR count). The second kappa shape index (κ2) is 6.84. The van der Waals surface area contributed by atoms with Crippen LogP contribution in [0.4, 0.5) is 4.79 Å². The first-order valence-electron chi connectivity index (χ1n) is 8.12. The smallest absolute Gasteiger partial charge is 0.315 e. The summed E-state index contributed by atoms with van der Waals surface area (Å²) in [5, 5.41) is 16.4. The maximum absolute atomic E-state index is 12.0. The van der Waals surface area contributed by atoms with Gasteiger partial charge in [0, 0.05) is 13.0 Å². The summed E-state index contributed by atoms with van der Waals surface area (Å²) in [5.41, 5.74) is 0.554. The van der Waals surface area contributed by atoms with E-state index in [1.165, 1.54) is 4.70 Å². The maximum Gasteiger partial charge on any atom is 0.315 e. The Morgan fingerprint density at radius 3 is 2.91 bits per heavy atom. The van der Waals surface area contributed by atoms with Gasteiger partial charge in [-0.3, -0.25) is 0 Å². The number of amides is 2. The Morgan fingerprint density at radius 1 is 1.43 bits per heavy atom. The van der Waals surface area contributed by atoms with Gasteiger partial charge in [-0.1, -0.05) is 12.1 Å². The van der Waals surface area contributed by atoms with Crippen molar-refractivity contribution >= 4 is 27.6 Å². The maximum atomic E-state index is 12.0. The highest BCUT2D eigenvalue weighted by Gasteiger charge is 2.42. The monoisotopic (exact) mass is 333 g/mol. The van der Waals surface area contributed by atoms with Crippen LogP contribution in [0.1, 0.15) is 31.2 Å². The third-order valence-corrected chi connectivity index (χ3v) is 5.49. The minimum atomic E-state index is -0.489. The zero-order valence-electron chi connectivity index (χ0n) is 13.3. The third-order valence-electron chi connectivity index (χ3n) is 4.40. The molecule has 6 heteroatoms. The summed E-state index contributed by atoms with van der Waals surface area (Å²) in [7, 11) is 0. The molecule has 0 radical (unpaired) electrons. The van der Waals surface area contributed by atoms with Crippen LogP contribution in [0.15, 0.2) is 24.3 Å². The molecular weight excluding hydrogens is 310 g/mol. The molecule has 1 atom stereocenters. The highest BCUT2D eigenvalue weighted by molar-refractivity contribution is 7.18. The highest BCUT2D eigenvalue weighted by atomic mass is 32.1. The molecule has 0 spiro atoms. The van der Waals surface area contributed by atoms with Crippen molar-refractivity contribution in [2.75, 3.05) is 13.2 Å². The van der Waals surface area contributed by atoms with Crippen molar-refractivity contribution in [1.82, 2.24) is 15.6 Å². The summed E-state index contributed by atoms with van der Waals surface area (Å²) in [6, 6.07) is 7.92. The molecule has 1 aromatic carbocycles. The molecule has 23 heavy (non-hydrogen) atoms. The number of aryl methyl sites for hydroxylation is 1. The Kier molecular flexibility index (Phi) is 4.82. The fraction of sp³-hybridized carbons (Fsp3) is 0.529. The normalized spacial score (nSPS) is 17.0. The number of aromatic nitrogens is 1.